The number of carbonyl (C=O) groups excluding carboxylic acids is 1. The van der Waals surface area contributed by atoms with E-state index < -0.39 is 0 Å². The molecule has 86 valence electrons. The molecule has 0 aromatic heterocycles. The quantitative estimate of drug-likeness (QED) is 0.624. The van der Waals surface area contributed by atoms with E-state index in [1.54, 1.807) is 0 Å². The largest absolute Gasteiger partial charge is 0.394 e. The average Bonchev–Trinajstić information content (AvgIpc) is 3.00. The zero-order valence-electron chi connectivity index (χ0n) is 9.09. The van der Waals surface area contributed by atoms with E-state index >= 15 is 0 Å². The maximum atomic E-state index is 11.9. The van der Waals surface area contributed by atoms with Crippen LogP contribution in [0, 0.1) is 0 Å². The van der Waals surface area contributed by atoms with Crippen molar-refractivity contribution in [3.8, 4) is 0 Å². The van der Waals surface area contributed by atoms with Gasteiger partial charge >= 0.3 is 0 Å². The lowest BCUT2D eigenvalue weighted by Gasteiger charge is -2.20. The fourth-order valence-corrected chi connectivity index (χ4v) is 2.07. The molecule has 1 aliphatic heterocycles. The molecule has 0 aromatic rings. The van der Waals surface area contributed by atoms with Crippen molar-refractivity contribution < 1.29 is 9.90 Å². The number of carbonyl (C=O) groups is 1. The lowest BCUT2D eigenvalue weighted by atomic mass is 10.1. The van der Waals surface area contributed by atoms with Crippen LogP contribution in [0.2, 0.25) is 0 Å². The lowest BCUT2D eigenvalue weighted by molar-refractivity contribution is -0.124. The smallest absolute Gasteiger partial charge is 0.237 e. The molecule has 3 N–H and O–H groups in total. The molecule has 15 heavy (non-hydrogen) atoms. The third-order valence-electron chi connectivity index (χ3n) is 3.42. The summed E-state index contributed by atoms with van der Waals surface area (Å²) < 4.78 is 0. The molecule has 4 heteroatoms. The van der Waals surface area contributed by atoms with Crippen LogP contribution in [0.3, 0.4) is 0 Å². The number of amides is 1. The SMILES string of the molecule is O=C(NC1(CO)CC1)C1CCCCCN1. The van der Waals surface area contributed by atoms with Gasteiger partial charge in [0.05, 0.1) is 18.2 Å². The Morgan fingerprint density at radius 2 is 2.20 bits per heavy atom. The molecule has 1 aliphatic carbocycles. The van der Waals surface area contributed by atoms with Crippen LogP contribution in [0.4, 0.5) is 0 Å². The van der Waals surface area contributed by atoms with Crippen LogP contribution in [-0.2, 0) is 4.79 Å². The number of hydrogen-bond acceptors (Lipinski definition) is 3. The molecule has 4 nitrogen and oxygen atoms in total. The molecule has 2 rings (SSSR count). The molecule has 1 amide bonds. The van der Waals surface area contributed by atoms with Gasteiger partial charge in [0, 0.05) is 0 Å². The van der Waals surface area contributed by atoms with Crippen molar-refractivity contribution in [1.82, 2.24) is 10.6 Å². The molecule has 2 aliphatic rings. The van der Waals surface area contributed by atoms with E-state index in [-0.39, 0.29) is 24.1 Å². The lowest BCUT2D eigenvalue weighted by Crippen LogP contribution is -2.49. The third-order valence-corrected chi connectivity index (χ3v) is 3.42. The Morgan fingerprint density at radius 3 is 2.87 bits per heavy atom. The average molecular weight is 212 g/mol. The molecular formula is C11H20N2O2. The molecule has 2 fully saturated rings. The minimum Gasteiger partial charge on any atom is -0.394 e. The second-order valence-corrected chi connectivity index (χ2v) is 4.78. The fraction of sp³-hybridized carbons (Fsp3) is 0.909. The summed E-state index contributed by atoms with van der Waals surface area (Å²) in [5, 5.41) is 15.3. The Kier molecular flexibility index (Phi) is 3.26. The zero-order valence-corrected chi connectivity index (χ0v) is 9.09. The van der Waals surface area contributed by atoms with Gasteiger partial charge in [-0.2, -0.15) is 0 Å². The monoisotopic (exact) mass is 212 g/mol. The first kappa shape index (κ1) is 10.9. The van der Waals surface area contributed by atoms with Gasteiger partial charge in [-0.05, 0) is 32.2 Å². The Balaban J connectivity index is 1.83. The first-order valence-electron chi connectivity index (χ1n) is 5.92. The van der Waals surface area contributed by atoms with Crippen LogP contribution in [0.15, 0.2) is 0 Å². The van der Waals surface area contributed by atoms with E-state index in [2.05, 4.69) is 10.6 Å². The number of hydrogen-bond donors (Lipinski definition) is 3. The maximum absolute atomic E-state index is 11.9. The molecule has 0 radical (unpaired) electrons. The van der Waals surface area contributed by atoms with Crippen LogP contribution in [0.5, 0.6) is 0 Å². The summed E-state index contributed by atoms with van der Waals surface area (Å²) in [6.07, 6.45) is 6.26. The van der Waals surface area contributed by atoms with Gasteiger partial charge in [0.15, 0.2) is 0 Å². The summed E-state index contributed by atoms with van der Waals surface area (Å²) in [7, 11) is 0. The highest BCUT2D eigenvalue weighted by Crippen LogP contribution is 2.34. The topological polar surface area (TPSA) is 61.4 Å². The summed E-state index contributed by atoms with van der Waals surface area (Å²) in [4.78, 5) is 11.9. The third kappa shape index (κ3) is 2.69. The highest BCUT2D eigenvalue weighted by molar-refractivity contribution is 5.82. The van der Waals surface area contributed by atoms with Crippen molar-refractivity contribution >= 4 is 5.91 Å². The van der Waals surface area contributed by atoms with E-state index in [1.165, 1.54) is 6.42 Å². The van der Waals surface area contributed by atoms with Crippen molar-refractivity contribution in [2.75, 3.05) is 13.2 Å². The summed E-state index contributed by atoms with van der Waals surface area (Å²) in [5.41, 5.74) is -0.273. The van der Waals surface area contributed by atoms with Gasteiger partial charge in [0.2, 0.25) is 5.91 Å². The second kappa shape index (κ2) is 4.49. The van der Waals surface area contributed by atoms with Crippen molar-refractivity contribution in [2.45, 2.75) is 50.1 Å². The zero-order chi connectivity index (χ0) is 10.7. The molecule has 1 atom stereocenters. The van der Waals surface area contributed by atoms with Crippen LogP contribution >= 0.6 is 0 Å². The molecule has 0 aromatic carbocycles. The maximum Gasteiger partial charge on any atom is 0.237 e. The van der Waals surface area contributed by atoms with E-state index in [1.807, 2.05) is 0 Å². The van der Waals surface area contributed by atoms with Gasteiger partial charge in [-0.15, -0.1) is 0 Å². The van der Waals surface area contributed by atoms with Crippen LogP contribution in [0.1, 0.15) is 38.5 Å². The summed E-state index contributed by atoms with van der Waals surface area (Å²) in [5.74, 6) is 0.0726. The Hall–Kier alpha value is -0.610. The number of rotatable bonds is 3. The molecule has 1 heterocycles. The minimum atomic E-state index is -0.273. The number of aliphatic hydroxyl groups excluding tert-OH is 1. The fourth-order valence-electron chi connectivity index (χ4n) is 2.07. The predicted molar refractivity (Wildman–Crippen MR) is 57.5 cm³/mol. The summed E-state index contributed by atoms with van der Waals surface area (Å²) in [6, 6.07) is -0.0449. The van der Waals surface area contributed by atoms with Gasteiger partial charge < -0.3 is 15.7 Å². The number of nitrogens with one attached hydrogen (secondary N) is 2. The predicted octanol–water partition coefficient (Wildman–Crippen LogP) is 0.160. The van der Waals surface area contributed by atoms with E-state index in [0.29, 0.717) is 0 Å². The van der Waals surface area contributed by atoms with Crippen LogP contribution < -0.4 is 10.6 Å². The van der Waals surface area contributed by atoms with Crippen molar-refractivity contribution in [1.29, 1.82) is 0 Å². The van der Waals surface area contributed by atoms with Crippen LogP contribution in [-0.4, -0.2) is 35.7 Å². The van der Waals surface area contributed by atoms with Gasteiger partial charge in [-0.3, -0.25) is 4.79 Å². The first-order chi connectivity index (χ1) is 7.26. The van der Waals surface area contributed by atoms with Gasteiger partial charge in [0.1, 0.15) is 0 Å². The summed E-state index contributed by atoms with van der Waals surface area (Å²) in [6.45, 7) is 1.01. The van der Waals surface area contributed by atoms with Crippen molar-refractivity contribution in [2.24, 2.45) is 0 Å². The van der Waals surface area contributed by atoms with Crippen molar-refractivity contribution in [3.05, 3.63) is 0 Å². The normalized spacial score (nSPS) is 29.3. The molecule has 0 spiro atoms. The van der Waals surface area contributed by atoms with E-state index in [4.69, 9.17) is 5.11 Å². The van der Waals surface area contributed by atoms with Gasteiger partial charge in [-0.25, -0.2) is 0 Å². The Labute approximate surface area is 90.4 Å². The first-order valence-corrected chi connectivity index (χ1v) is 5.92. The Morgan fingerprint density at radius 1 is 1.40 bits per heavy atom. The molecule has 1 saturated heterocycles. The van der Waals surface area contributed by atoms with Gasteiger partial charge in [-0.1, -0.05) is 12.8 Å². The van der Waals surface area contributed by atoms with E-state index in [0.717, 1.165) is 38.6 Å². The second-order valence-electron chi connectivity index (χ2n) is 4.78. The highest BCUT2D eigenvalue weighted by atomic mass is 16.3. The molecule has 1 saturated carbocycles. The minimum absolute atomic E-state index is 0.0449. The number of aliphatic hydroxyl groups is 1. The van der Waals surface area contributed by atoms with Crippen LogP contribution in [0.25, 0.3) is 0 Å². The Bertz CT molecular complexity index is 231. The summed E-state index contributed by atoms with van der Waals surface area (Å²) >= 11 is 0. The molecular weight excluding hydrogens is 192 g/mol. The molecule has 0 bridgehead atoms. The highest BCUT2D eigenvalue weighted by Gasteiger charge is 2.44. The van der Waals surface area contributed by atoms with E-state index in [9.17, 15) is 4.79 Å². The van der Waals surface area contributed by atoms with Crippen molar-refractivity contribution in [3.63, 3.8) is 0 Å². The van der Waals surface area contributed by atoms with Gasteiger partial charge in [0.25, 0.3) is 0 Å². The standard InChI is InChI=1S/C11H20N2O2/c14-8-11(5-6-11)13-10(15)9-4-2-1-3-7-12-9/h9,12,14H,1-8H2,(H,13,15). The molecule has 1 unspecified atom stereocenters.